The van der Waals surface area contributed by atoms with Gasteiger partial charge in [0.05, 0.1) is 5.69 Å². The van der Waals surface area contributed by atoms with Crippen molar-refractivity contribution in [2.24, 2.45) is 7.05 Å². The molecule has 5 rings (SSSR count). The summed E-state index contributed by atoms with van der Waals surface area (Å²) in [5, 5.41) is 3.93. The van der Waals surface area contributed by atoms with Crippen LogP contribution < -0.4 is 5.32 Å². The van der Waals surface area contributed by atoms with Gasteiger partial charge in [0.25, 0.3) is 0 Å². The molecule has 1 aliphatic rings. The quantitative estimate of drug-likeness (QED) is 0.333. The van der Waals surface area contributed by atoms with E-state index in [0.717, 1.165) is 17.9 Å². The minimum Gasteiger partial charge on any atom is -0.371 e. The van der Waals surface area contributed by atoms with Gasteiger partial charge in [-0.15, -0.1) is 0 Å². The molecule has 3 heteroatoms. The van der Waals surface area contributed by atoms with Crippen LogP contribution in [0.5, 0.6) is 0 Å². The summed E-state index contributed by atoms with van der Waals surface area (Å²) in [4.78, 5) is 5.32. The van der Waals surface area contributed by atoms with Gasteiger partial charge in [-0.1, -0.05) is 65.7 Å². The van der Waals surface area contributed by atoms with Crippen LogP contribution in [0.15, 0.2) is 66.4 Å². The minimum absolute atomic E-state index is 0.0632. The van der Waals surface area contributed by atoms with Crippen molar-refractivity contribution in [2.75, 3.05) is 5.32 Å². The Kier molecular flexibility index (Phi) is 5.88. The van der Waals surface area contributed by atoms with E-state index < -0.39 is 0 Å². The number of hydrogen-bond acceptors (Lipinski definition) is 2. The lowest BCUT2D eigenvalue weighted by Crippen LogP contribution is -2.20. The van der Waals surface area contributed by atoms with Crippen LogP contribution >= 0.6 is 0 Å². The summed E-state index contributed by atoms with van der Waals surface area (Å²) >= 11 is 0. The number of anilines is 1. The van der Waals surface area contributed by atoms with Gasteiger partial charge in [-0.3, -0.25) is 0 Å². The van der Waals surface area contributed by atoms with Crippen molar-refractivity contribution < 1.29 is 0 Å². The number of rotatable bonds is 5. The van der Waals surface area contributed by atoms with Crippen molar-refractivity contribution in [1.82, 2.24) is 9.55 Å². The van der Waals surface area contributed by atoms with Crippen LogP contribution in [-0.4, -0.2) is 9.55 Å². The van der Waals surface area contributed by atoms with E-state index >= 15 is 0 Å². The lowest BCUT2D eigenvalue weighted by atomic mass is 9.92. The molecule has 0 fully saturated rings. The lowest BCUT2D eigenvalue weighted by molar-refractivity contribution is 0.740. The van der Waals surface area contributed by atoms with Gasteiger partial charge in [-0.05, 0) is 86.9 Å². The molecule has 1 atom stereocenters. The molecule has 4 aromatic rings. The topological polar surface area (TPSA) is 29.9 Å². The first kappa shape index (κ1) is 23.2. The molecule has 35 heavy (non-hydrogen) atoms. The molecular formula is C32H35N3. The molecule has 3 nitrogen and oxygen atoms in total. The number of para-hydroxylation sites is 1. The number of aryl methyl sites for hydroxylation is 6. The van der Waals surface area contributed by atoms with E-state index in [0.29, 0.717) is 0 Å². The van der Waals surface area contributed by atoms with Crippen molar-refractivity contribution in [1.29, 1.82) is 0 Å². The summed E-state index contributed by atoms with van der Waals surface area (Å²) in [7, 11) is 2.13. The summed E-state index contributed by atoms with van der Waals surface area (Å²) in [6.45, 7) is 13.2. The fraction of sp³-hybridized carbons (Fsp3) is 0.281. The number of benzene rings is 3. The third kappa shape index (κ3) is 4.10. The molecule has 0 bridgehead atoms. The zero-order chi connectivity index (χ0) is 24.9. The average molecular weight is 462 g/mol. The number of aromatic nitrogens is 2. The third-order valence-electron chi connectivity index (χ3n) is 7.39. The van der Waals surface area contributed by atoms with Crippen molar-refractivity contribution in [2.45, 2.75) is 54.0 Å². The Bertz CT molecular complexity index is 1420. The molecule has 1 heterocycles. The molecule has 1 unspecified atom stereocenters. The van der Waals surface area contributed by atoms with Crippen molar-refractivity contribution in [3.05, 3.63) is 122 Å². The Morgan fingerprint density at radius 3 is 2.17 bits per heavy atom. The summed E-state index contributed by atoms with van der Waals surface area (Å²) in [6, 6.07) is 19.7. The molecule has 0 spiro atoms. The van der Waals surface area contributed by atoms with E-state index in [9.17, 15) is 0 Å². The maximum atomic E-state index is 5.32. The van der Waals surface area contributed by atoms with Crippen LogP contribution in [0, 0.1) is 34.6 Å². The van der Waals surface area contributed by atoms with Crippen LogP contribution in [0.25, 0.3) is 5.57 Å². The van der Waals surface area contributed by atoms with E-state index in [-0.39, 0.29) is 6.04 Å². The van der Waals surface area contributed by atoms with Crippen LogP contribution in [0.1, 0.15) is 69.0 Å². The predicted molar refractivity (Wildman–Crippen MR) is 147 cm³/mol. The van der Waals surface area contributed by atoms with E-state index in [1.165, 1.54) is 61.3 Å². The lowest BCUT2D eigenvalue weighted by Gasteiger charge is -2.26. The molecule has 0 saturated heterocycles. The standard InChI is InChI=1S/C32H35N3/c1-19-15-22(4)28(23(5)16-19)31(34-30-20(2)11-10-12-21(30)3)32-33-27(18-35(32)7)29-24(6)17-25-13-8-9-14-26(25)29/h8-16,18,31,34H,17H2,1-7H3. The molecule has 3 aromatic carbocycles. The number of allylic oxidation sites excluding steroid dienone is 1. The second-order valence-corrected chi connectivity index (χ2v) is 10.2. The smallest absolute Gasteiger partial charge is 0.136 e. The van der Waals surface area contributed by atoms with E-state index in [1.54, 1.807) is 0 Å². The first-order valence-corrected chi connectivity index (χ1v) is 12.5. The summed E-state index contributed by atoms with van der Waals surface area (Å²) in [5.74, 6) is 1.03. The molecule has 0 amide bonds. The van der Waals surface area contributed by atoms with Gasteiger partial charge in [0.2, 0.25) is 0 Å². The van der Waals surface area contributed by atoms with Crippen LogP contribution in [0.3, 0.4) is 0 Å². The zero-order valence-corrected chi connectivity index (χ0v) is 22.0. The van der Waals surface area contributed by atoms with Crippen LogP contribution in [0.4, 0.5) is 5.69 Å². The minimum atomic E-state index is -0.0632. The number of imidazole rings is 1. The Labute approximate surface area is 209 Å². The number of nitrogens with one attached hydrogen (secondary N) is 1. The van der Waals surface area contributed by atoms with Gasteiger partial charge in [-0.25, -0.2) is 4.98 Å². The van der Waals surface area contributed by atoms with Crippen molar-refractivity contribution >= 4 is 11.3 Å². The summed E-state index contributed by atoms with van der Waals surface area (Å²) in [5.41, 5.74) is 15.3. The predicted octanol–water partition coefficient (Wildman–Crippen LogP) is 7.54. The van der Waals surface area contributed by atoms with Gasteiger partial charge in [0.15, 0.2) is 0 Å². The van der Waals surface area contributed by atoms with E-state index in [1.807, 2.05) is 0 Å². The van der Waals surface area contributed by atoms with Gasteiger partial charge in [-0.2, -0.15) is 0 Å². The average Bonchev–Trinajstić information content (AvgIpc) is 3.32. The van der Waals surface area contributed by atoms with Crippen LogP contribution in [-0.2, 0) is 13.5 Å². The molecule has 1 N–H and O–H groups in total. The van der Waals surface area contributed by atoms with Crippen molar-refractivity contribution in [3.8, 4) is 0 Å². The molecule has 0 radical (unpaired) electrons. The molecule has 0 saturated carbocycles. The Hall–Kier alpha value is -3.59. The highest BCUT2D eigenvalue weighted by Gasteiger charge is 2.27. The normalized spacial score (nSPS) is 13.8. The number of hydrogen-bond donors (Lipinski definition) is 1. The molecule has 178 valence electrons. The highest BCUT2D eigenvalue weighted by atomic mass is 15.1. The highest BCUT2D eigenvalue weighted by Crippen LogP contribution is 2.39. The first-order valence-electron chi connectivity index (χ1n) is 12.5. The van der Waals surface area contributed by atoms with Crippen molar-refractivity contribution in [3.63, 3.8) is 0 Å². The van der Waals surface area contributed by atoms with E-state index in [2.05, 4.69) is 119 Å². The Morgan fingerprint density at radius 2 is 1.49 bits per heavy atom. The molecule has 0 aliphatic heterocycles. The van der Waals surface area contributed by atoms with Gasteiger partial charge in [0.1, 0.15) is 11.9 Å². The first-order chi connectivity index (χ1) is 16.7. The van der Waals surface area contributed by atoms with Gasteiger partial charge >= 0.3 is 0 Å². The summed E-state index contributed by atoms with van der Waals surface area (Å²) in [6.07, 6.45) is 3.20. The van der Waals surface area contributed by atoms with Crippen LogP contribution in [0.2, 0.25) is 0 Å². The molecule has 1 aliphatic carbocycles. The summed E-state index contributed by atoms with van der Waals surface area (Å²) < 4.78 is 2.21. The molecule has 1 aromatic heterocycles. The maximum absolute atomic E-state index is 5.32. The SMILES string of the molecule is CC1=C(c2cn(C)c(C(Nc3c(C)cccc3C)c3c(C)cc(C)cc3C)n2)c2ccccc2C1. The van der Waals surface area contributed by atoms with E-state index in [4.69, 9.17) is 4.98 Å². The Balaban J connectivity index is 1.67. The highest BCUT2D eigenvalue weighted by molar-refractivity contribution is 5.85. The second-order valence-electron chi connectivity index (χ2n) is 10.2. The largest absolute Gasteiger partial charge is 0.371 e. The number of nitrogens with zero attached hydrogens (tertiary/aromatic N) is 2. The van der Waals surface area contributed by atoms with Gasteiger partial charge in [0, 0.05) is 24.5 Å². The fourth-order valence-corrected chi connectivity index (χ4v) is 5.85. The Morgan fingerprint density at radius 1 is 0.829 bits per heavy atom. The fourth-order valence-electron chi connectivity index (χ4n) is 5.85. The van der Waals surface area contributed by atoms with Gasteiger partial charge < -0.3 is 9.88 Å². The number of fused-ring (bicyclic) bond motifs is 1. The monoisotopic (exact) mass is 461 g/mol. The second kappa shape index (κ2) is 8.88. The maximum Gasteiger partial charge on any atom is 0.136 e. The molecular weight excluding hydrogens is 426 g/mol. The third-order valence-corrected chi connectivity index (χ3v) is 7.39. The zero-order valence-electron chi connectivity index (χ0n) is 22.0.